The molecule has 0 aliphatic carbocycles. The lowest BCUT2D eigenvalue weighted by atomic mass is 9.99. The number of nitrogens with zero attached hydrogens (tertiary/aromatic N) is 6. The van der Waals surface area contributed by atoms with Crippen molar-refractivity contribution in [1.82, 2.24) is 40.0 Å². The number of aromatic nitrogens is 4. The largest absolute Gasteiger partial charge is 0.463 e. The molecule has 6 heterocycles. The lowest BCUT2D eigenvalue weighted by Gasteiger charge is -2.38. The molecule has 4 atom stereocenters. The quantitative estimate of drug-likeness (QED) is 0.0475. The fourth-order valence-electron chi connectivity index (χ4n) is 8.68. The van der Waals surface area contributed by atoms with Gasteiger partial charge in [0.15, 0.2) is 11.5 Å². The summed E-state index contributed by atoms with van der Waals surface area (Å²) in [7, 11) is 2.61. The Bertz CT molecular complexity index is 2680. The smallest absolute Gasteiger partial charge is 0.412 e. The zero-order valence-electron chi connectivity index (χ0n) is 39.2. The third-order valence-electron chi connectivity index (χ3n) is 11.8. The molecular formula is C51H58N8O8S2. The number of carbonyl (C=O) groups excluding carboxylic acids is 4. The first-order valence-electron chi connectivity index (χ1n) is 23.1. The summed E-state index contributed by atoms with van der Waals surface area (Å²) in [4.78, 5) is 60.2. The monoisotopic (exact) mass is 974 g/mol. The second-order valence-electron chi connectivity index (χ2n) is 18.0. The summed E-state index contributed by atoms with van der Waals surface area (Å²) in [5, 5.41) is 15.4. The average Bonchev–Trinajstić information content (AvgIpc) is 4.18. The lowest BCUT2D eigenvalue weighted by molar-refractivity contribution is -0.137. The van der Waals surface area contributed by atoms with Crippen molar-refractivity contribution < 1.29 is 37.5 Å². The first-order valence-corrected chi connectivity index (χ1v) is 25.6. The fourth-order valence-corrected chi connectivity index (χ4v) is 11.0. The molecule has 4 amide bonds. The van der Waals surface area contributed by atoms with E-state index in [4.69, 9.17) is 28.5 Å². The Morgan fingerprint density at radius 2 is 1.13 bits per heavy atom. The fraction of sp³-hybridized carbons (Fsp3) is 0.373. The first-order chi connectivity index (χ1) is 33.3. The average molecular weight is 975 g/mol. The van der Waals surface area contributed by atoms with Crippen LogP contribution < -0.4 is 10.6 Å². The van der Waals surface area contributed by atoms with Gasteiger partial charge in [0.05, 0.1) is 54.8 Å². The van der Waals surface area contributed by atoms with E-state index in [-0.39, 0.29) is 41.2 Å². The number of allylic oxidation sites excluding steroid dienone is 1. The summed E-state index contributed by atoms with van der Waals surface area (Å²) in [6.45, 7) is 12.1. The number of benzene rings is 2. The van der Waals surface area contributed by atoms with Crippen LogP contribution in [0.1, 0.15) is 75.1 Å². The number of hydrogen-bond acceptors (Lipinski definition) is 12. The van der Waals surface area contributed by atoms with Gasteiger partial charge in [-0.25, -0.2) is 9.59 Å². The highest BCUT2D eigenvalue weighted by molar-refractivity contribution is 8.76. The maximum atomic E-state index is 15.0. The Morgan fingerprint density at radius 3 is 1.54 bits per heavy atom. The van der Waals surface area contributed by atoms with Crippen LogP contribution in [0.15, 0.2) is 131 Å². The van der Waals surface area contributed by atoms with Crippen molar-refractivity contribution in [2.24, 2.45) is 0 Å². The molecule has 69 heavy (non-hydrogen) atoms. The van der Waals surface area contributed by atoms with E-state index in [1.807, 2.05) is 92.0 Å². The van der Waals surface area contributed by atoms with E-state index in [2.05, 4.69) is 41.5 Å². The van der Waals surface area contributed by atoms with E-state index in [1.54, 1.807) is 40.2 Å². The number of furan rings is 2. The van der Waals surface area contributed by atoms with Gasteiger partial charge in [-0.1, -0.05) is 88.8 Å². The molecule has 6 aromatic rings. The van der Waals surface area contributed by atoms with Gasteiger partial charge in [0.25, 0.3) is 0 Å². The van der Waals surface area contributed by atoms with Crippen molar-refractivity contribution in [3.8, 4) is 22.9 Å². The highest BCUT2D eigenvalue weighted by Crippen LogP contribution is 2.36. The Hall–Kier alpha value is -6.66. The standard InChI is InChI=1S/C51H58N8O8S2/c1-34(2)66-49(62)52-39(47(60)56-24-26-58-43(30-37(54-58)45-18-12-28-64-45)41(56)22-20-35-14-8-6-9-15-35)32-68-69-33-40(53-50(63)67-51(3,4)5)48(61)57-25-27-59-44(31-38(55-59)46-19-13-29-65-46)42(57)23-21-36-16-10-7-11-17-36/h6-19,28-31,39-42H,1,20-27,32-33H2,2-5H3,(H,52,62)(H,53,63)/t39-,40-,41?,42?/m0/s1. The molecule has 0 bridgehead atoms. The zero-order valence-corrected chi connectivity index (χ0v) is 40.9. The van der Waals surface area contributed by atoms with E-state index in [9.17, 15) is 19.2 Å². The Morgan fingerprint density at radius 1 is 0.681 bits per heavy atom. The number of rotatable bonds is 18. The van der Waals surface area contributed by atoms with E-state index in [0.717, 1.165) is 22.5 Å². The number of fused-ring (bicyclic) bond motifs is 2. The van der Waals surface area contributed by atoms with Crippen molar-refractivity contribution in [3.05, 3.63) is 144 Å². The number of aryl methyl sites for hydroxylation is 2. The normalized spacial score (nSPS) is 16.5. The highest BCUT2D eigenvalue weighted by Gasteiger charge is 2.39. The molecule has 2 aromatic carbocycles. The SMILES string of the molecule is C=C(C)OC(=O)N[C@@H](CSSC[C@H](NC(=O)OC(C)(C)C)C(=O)N1CCn2nc(-c3ccco3)cc2C1CCc1ccccc1)C(=O)N1CCn2nc(-c3ccco3)cc2C1CCc1ccccc1. The van der Waals surface area contributed by atoms with Gasteiger partial charge < -0.3 is 38.7 Å². The first kappa shape index (κ1) is 48.8. The van der Waals surface area contributed by atoms with Gasteiger partial charge in [-0.05, 0) is 101 Å². The summed E-state index contributed by atoms with van der Waals surface area (Å²) in [5.74, 6) is 1.07. The predicted molar refractivity (Wildman–Crippen MR) is 265 cm³/mol. The molecule has 362 valence electrons. The molecule has 18 heteroatoms. The Labute approximate surface area is 409 Å². The van der Waals surface area contributed by atoms with Gasteiger partial charge >= 0.3 is 12.2 Å². The molecule has 4 aromatic heterocycles. The molecule has 2 unspecified atom stereocenters. The van der Waals surface area contributed by atoms with Crippen molar-refractivity contribution >= 4 is 45.6 Å². The number of amides is 4. The molecule has 0 spiro atoms. The minimum Gasteiger partial charge on any atom is -0.463 e. The Kier molecular flexibility index (Phi) is 15.7. The van der Waals surface area contributed by atoms with Crippen LogP contribution in [0.2, 0.25) is 0 Å². The lowest BCUT2D eigenvalue weighted by Crippen LogP contribution is -2.54. The van der Waals surface area contributed by atoms with Crippen molar-refractivity contribution in [2.75, 3.05) is 24.6 Å². The molecule has 0 fully saturated rings. The van der Waals surface area contributed by atoms with Gasteiger partial charge in [0.2, 0.25) is 11.8 Å². The number of hydrogen-bond donors (Lipinski definition) is 2. The number of alkyl carbamates (subject to hydrolysis) is 2. The van der Waals surface area contributed by atoms with Gasteiger partial charge in [-0.3, -0.25) is 19.0 Å². The van der Waals surface area contributed by atoms with Crippen LogP contribution in [0.3, 0.4) is 0 Å². The molecule has 2 aliphatic rings. The van der Waals surface area contributed by atoms with Gasteiger partial charge in [-0.2, -0.15) is 10.2 Å². The minimum absolute atomic E-state index is 0.110. The molecule has 0 saturated carbocycles. The summed E-state index contributed by atoms with van der Waals surface area (Å²) in [6.07, 6.45) is 4.25. The van der Waals surface area contributed by atoms with E-state index < -0.39 is 29.9 Å². The zero-order chi connectivity index (χ0) is 48.5. The van der Waals surface area contributed by atoms with Crippen LogP contribution in [0.5, 0.6) is 0 Å². The molecule has 2 aliphatic heterocycles. The van der Waals surface area contributed by atoms with Crippen molar-refractivity contribution in [3.63, 3.8) is 0 Å². The maximum absolute atomic E-state index is 15.0. The number of ether oxygens (including phenoxy) is 2. The number of carbonyl (C=O) groups is 4. The van der Waals surface area contributed by atoms with Gasteiger partial charge in [0, 0.05) is 24.6 Å². The molecule has 16 nitrogen and oxygen atoms in total. The van der Waals surface area contributed by atoms with Crippen LogP contribution in [-0.2, 0) is 45.0 Å². The van der Waals surface area contributed by atoms with E-state index >= 15 is 0 Å². The van der Waals surface area contributed by atoms with Crippen LogP contribution in [0, 0.1) is 0 Å². The van der Waals surface area contributed by atoms with E-state index in [1.165, 1.54) is 21.6 Å². The van der Waals surface area contributed by atoms with Gasteiger partial charge in [-0.15, -0.1) is 0 Å². The van der Waals surface area contributed by atoms with Crippen LogP contribution >= 0.6 is 21.6 Å². The van der Waals surface area contributed by atoms with Crippen LogP contribution in [0.25, 0.3) is 22.9 Å². The summed E-state index contributed by atoms with van der Waals surface area (Å²) in [5.41, 5.74) is 4.50. The molecule has 2 N–H and O–H groups in total. The minimum atomic E-state index is -1.03. The van der Waals surface area contributed by atoms with Crippen molar-refractivity contribution in [2.45, 2.75) is 96.2 Å². The summed E-state index contributed by atoms with van der Waals surface area (Å²) in [6, 6.07) is 28.6. The number of nitrogens with one attached hydrogen (secondary N) is 2. The second kappa shape index (κ2) is 22.2. The van der Waals surface area contributed by atoms with Gasteiger partial charge in [0.1, 0.15) is 29.1 Å². The van der Waals surface area contributed by atoms with E-state index in [0.29, 0.717) is 74.8 Å². The molecule has 0 radical (unpaired) electrons. The Balaban J connectivity index is 1.02. The summed E-state index contributed by atoms with van der Waals surface area (Å²) >= 11 is 0. The predicted octanol–water partition coefficient (Wildman–Crippen LogP) is 9.24. The van der Waals surface area contributed by atoms with Crippen LogP contribution in [0.4, 0.5) is 9.59 Å². The van der Waals surface area contributed by atoms with Crippen molar-refractivity contribution in [1.29, 1.82) is 0 Å². The molecule has 8 rings (SSSR count). The third-order valence-corrected chi connectivity index (χ3v) is 14.2. The topological polar surface area (TPSA) is 179 Å². The third kappa shape index (κ3) is 12.5. The molecular weight excluding hydrogens is 917 g/mol. The second-order valence-corrected chi connectivity index (χ2v) is 20.6. The highest BCUT2D eigenvalue weighted by atomic mass is 33.1. The van der Waals surface area contributed by atoms with Crippen LogP contribution in [-0.4, -0.2) is 95.6 Å². The summed E-state index contributed by atoms with van der Waals surface area (Å²) < 4.78 is 26.2. The molecule has 0 saturated heterocycles. The maximum Gasteiger partial charge on any atom is 0.412 e.